The van der Waals surface area contributed by atoms with E-state index in [1.54, 1.807) is 0 Å². The van der Waals surface area contributed by atoms with Crippen LogP contribution in [-0.4, -0.2) is 16.4 Å². The molecule has 2 aromatic heterocycles. The van der Waals surface area contributed by atoms with Crippen molar-refractivity contribution in [2.45, 2.75) is 39.5 Å². The Kier molecular flexibility index (Phi) is 6.98. The zero-order valence-electron chi connectivity index (χ0n) is 21.4. The summed E-state index contributed by atoms with van der Waals surface area (Å²) in [5, 5.41) is 7.00. The molecule has 4 nitrogen and oxygen atoms in total. The Hall–Kier alpha value is -3.34. The van der Waals surface area contributed by atoms with Crippen LogP contribution in [0, 0.1) is 6.33 Å². The molecule has 3 heterocycles. The van der Waals surface area contributed by atoms with Crippen LogP contribution >= 0.6 is 0 Å². The second-order valence-corrected chi connectivity index (χ2v) is 10.1. The van der Waals surface area contributed by atoms with Gasteiger partial charge in [0.2, 0.25) is 0 Å². The maximum atomic E-state index is 6.01. The van der Waals surface area contributed by atoms with Crippen LogP contribution in [0.2, 0.25) is 0 Å². The van der Waals surface area contributed by atoms with Crippen molar-refractivity contribution in [1.82, 2.24) is 9.46 Å². The molecule has 0 atom stereocenters. The largest absolute Gasteiger partial charge is 0.690 e. The number of hydrogen-bond donors (Lipinski definition) is 0. The van der Waals surface area contributed by atoms with E-state index in [2.05, 4.69) is 98.0 Å². The number of imidazole rings is 1. The molecule has 0 aliphatic carbocycles. The summed E-state index contributed by atoms with van der Waals surface area (Å²) in [6, 6.07) is 23.4. The third-order valence-corrected chi connectivity index (χ3v) is 7.01. The summed E-state index contributed by atoms with van der Waals surface area (Å²) >= 11 is 0. The van der Waals surface area contributed by atoms with Gasteiger partial charge in [-0.05, 0) is 46.5 Å². The molecule has 0 spiro atoms. The molecule has 187 valence electrons. The number of furan rings is 1. The molecule has 0 saturated heterocycles. The summed E-state index contributed by atoms with van der Waals surface area (Å²) in [5.74, 6) is 2.84. The summed E-state index contributed by atoms with van der Waals surface area (Å²) in [5.41, 5.74) is 9.05. The van der Waals surface area contributed by atoms with Gasteiger partial charge in [0.15, 0.2) is 6.98 Å². The van der Waals surface area contributed by atoms with Crippen LogP contribution in [-0.2, 0) is 20.1 Å². The van der Waals surface area contributed by atoms with Gasteiger partial charge in [0.1, 0.15) is 11.0 Å². The molecule has 0 unspecified atom stereocenters. The molecule has 1 aliphatic heterocycles. The fourth-order valence-corrected chi connectivity index (χ4v) is 5.18. The van der Waals surface area contributed by atoms with E-state index in [1.165, 1.54) is 27.8 Å². The fourth-order valence-electron chi connectivity index (χ4n) is 5.18. The summed E-state index contributed by atoms with van der Waals surface area (Å²) < 4.78 is 8.08. The topological polar surface area (TPSA) is 45.1 Å². The first-order valence-corrected chi connectivity index (χ1v) is 12.6. The van der Waals surface area contributed by atoms with Gasteiger partial charge in [-0.15, -0.1) is 24.1 Å². The number of fused-ring (bicyclic) bond motifs is 3. The van der Waals surface area contributed by atoms with Crippen LogP contribution in [0.25, 0.3) is 50.8 Å². The number of benzene rings is 3. The molecule has 0 N–H and O–H groups in total. The van der Waals surface area contributed by atoms with Gasteiger partial charge >= 0.3 is 0 Å². The molecular formula is C31H28BIrN3O-2. The van der Waals surface area contributed by atoms with Gasteiger partial charge in [0.05, 0.1) is 0 Å². The molecular weight excluding hydrogens is 633 g/mol. The van der Waals surface area contributed by atoms with Crippen molar-refractivity contribution in [3.8, 4) is 22.4 Å². The number of rotatable bonds is 5. The molecule has 3 aromatic carbocycles. The normalized spacial score (nSPS) is 12.6. The Morgan fingerprint density at radius 3 is 2.27 bits per heavy atom. The molecule has 37 heavy (non-hydrogen) atoms. The van der Waals surface area contributed by atoms with Gasteiger partial charge in [-0.25, -0.2) is 0 Å². The van der Waals surface area contributed by atoms with Crippen LogP contribution in [0.3, 0.4) is 0 Å². The van der Waals surface area contributed by atoms with Gasteiger partial charge in [-0.2, -0.15) is 0 Å². The second kappa shape index (κ2) is 10.2. The maximum absolute atomic E-state index is 6.01. The SMILES string of the molecule is CC(C)c1cc(-c2ccccc2)cc(C(C)C)c1-c1cn[c-]n1B1C=c2c(oc3ccccc23)=C[N-]1.[Ir]. The molecule has 1 radical (unpaired) electrons. The zero-order chi connectivity index (χ0) is 24.8. The Morgan fingerprint density at radius 1 is 0.892 bits per heavy atom. The van der Waals surface area contributed by atoms with Crippen molar-refractivity contribution in [2.24, 2.45) is 0 Å². The molecule has 0 fully saturated rings. The molecule has 0 bridgehead atoms. The number of aromatic nitrogens is 2. The Bertz CT molecular complexity index is 1660. The Morgan fingerprint density at radius 2 is 1.57 bits per heavy atom. The second-order valence-electron chi connectivity index (χ2n) is 10.1. The molecule has 1 aliphatic rings. The third kappa shape index (κ3) is 4.49. The van der Waals surface area contributed by atoms with Crippen molar-refractivity contribution in [2.75, 3.05) is 0 Å². The first-order chi connectivity index (χ1) is 17.5. The first kappa shape index (κ1) is 25.3. The van der Waals surface area contributed by atoms with Gasteiger partial charge in [-0.1, -0.05) is 93.9 Å². The van der Waals surface area contributed by atoms with Crippen LogP contribution in [0.1, 0.15) is 50.7 Å². The van der Waals surface area contributed by atoms with Crippen molar-refractivity contribution in [1.29, 1.82) is 0 Å². The van der Waals surface area contributed by atoms with Crippen LogP contribution < -0.4 is 10.6 Å². The predicted molar refractivity (Wildman–Crippen MR) is 149 cm³/mol. The monoisotopic (exact) mass is 662 g/mol. The molecule has 0 saturated carbocycles. The van der Waals surface area contributed by atoms with E-state index in [9.17, 15) is 0 Å². The van der Waals surface area contributed by atoms with Gasteiger partial charge in [0.25, 0.3) is 0 Å². The van der Waals surface area contributed by atoms with Gasteiger partial charge < -0.3 is 19.1 Å². The predicted octanol–water partition coefficient (Wildman–Crippen LogP) is 6.49. The van der Waals surface area contributed by atoms with E-state index >= 15 is 0 Å². The van der Waals surface area contributed by atoms with E-state index in [0.29, 0.717) is 11.8 Å². The molecule has 6 rings (SSSR count). The van der Waals surface area contributed by atoms with Crippen LogP contribution in [0.5, 0.6) is 0 Å². The quantitative estimate of drug-likeness (QED) is 0.160. The first-order valence-electron chi connectivity index (χ1n) is 12.6. The van der Waals surface area contributed by atoms with Gasteiger partial charge in [-0.3, -0.25) is 0 Å². The zero-order valence-corrected chi connectivity index (χ0v) is 23.8. The third-order valence-electron chi connectivity index (χ3n) is 7.01. The smallest absolute Gasteiger partial charge is 0.151 e. The fraction of sp³-hybridized carbons (Fsp3) is 0.194. The number of nitrogens with zero attached hydrogens (tertiary/aromatic N) is 3. The van der Waals surface area contributed by atoms with Gasteiger partial charge in [0, 0.05) is 30.7 Å². The van der Waals surface area contributed by atoms with E-state index in [-0.39, 0.29) is 27.1 Å². The van der Waals surface area contributed by atoms with Crippen LogP contribution in [0.4, 0.5) is 0 Å². The maximum Gasteiger partial charge on any atom is 0.151 e. The Balaban J connectivity index is 0.00000280. The number of para-hydroxylation sites is 1. The average Bonchev–Trinajstić information content (AvgIpc) is 3.53. The molecule has 5 aromatic rings. The standard InChI is InChI=1S/C31H28BN3O.Ir/c1-20(2)25-14-23(22-10-6-5-7-11-22)15-26(21(3)4)31(25)28-17-33-19-35(28)32-16-27-24-12-8-9-13-29(24)36-30(27)18-34-32;/h5-18,20-21H,1-4H3;/q-2;. The molecule has 6 heteroatoms. The van der Waals surface area contributed by atoms with Crippen molar-refractivity contribution in [3.05, 3.63) is 106 Å². The van der Waals surface area contributed by atoms with Crippen LogP contribution in [0.15, 0.2) is 77.3 Å². The van der Waals surface area contributed by atoms with E-state index in [0.717, 1.165) is 27.3 Å². The van der Waals surface area contributed by atoms with E-state index in [1.807, 2.05) is 30.6 Å². The summed E-state index contributed by atoms with van der Waals surface area (Å²) in [6.07, 6.45) is 6.98. The minimum atomic E-state index is -0.246. The van der Waals surface area contributed by atoms with Crippen molar-refractivity contribution in [3.63, 3.8) is 0 Å². The van der Waals surface area contributed by atoms with Crippen molar-refractivity contribution < 1.29 is 24.5 Å². The van der Waals surface area contributed by atoms with E-state index < -0.39 is 0 Å². The van der Waals surface area contributed by atoms with E-state index in [4.69, 9.17) is 9.64 Å². The summed E-state index contributed by atoms with van der Waals surface area (Å²) in [7, 11) is 0. The Labute approximate surface area is 231 Å². The summed E-state index contributed by atoms with van der Waals surface area (Å²) in [6.45, 7) is 8.80. The average molecular weight is 662 g/mol. The minimum absolute atomic E-state index is 0. The number of hydrogen-bond acceptors (Lipinski definition) is 2. The summed E-state index contributed by atoms with van der Waals surface area (Å²) in [4.78, 5) is 4.48. The molecule has 0 amide bonds. The van der Waals surface area contributed by atoms with Crippen molar-refractivity contribution >= 4 is 30.1 Å². The minimum Gasteiger partial charge on any atom is -0.690 e.